The third kappa shape index (κ3) is 4.28. The number of hydrogen-bond acceptors (Lipinski definition) is 5. The number of nitrogens with zero attached hydrogens (tertiary/aromatic N) is 3. The van der Waals surface area contributed by atoms with Crippen LogP contribution in [0.3, 0.4) is 0 Å². The van der Waals surface area contributed by atoms with E-state index < -0.39 is 0 Å². The SMILES string of the molecule is CCOc1ccc2nc(N3CCN(C(=O)CCc4ccccc4)CC3)sc2c1. The Morgan fingerprint density at radius 2 is 1.89 bits per heavy atom. The van der Waals surface area contributed by atoms with Crippen molar-refractivity contribution in [3.63, 3.8) is 0 Å². The largest absolute Gasteiger partial charge is 0.494 e. The molecule has 0 spiro atoms. The molecule has 0 radical (unpaired) electrons. The Hall–Kier alpha value is -2.60. The number of ether oxygens (including phenoxy) is 1. The molecule has 1 aliphatic rings. The fraction of sp³-hybridized carbons (Fsp3) is 0.364. The van der Waals surface area contributed by atoms with Gasteiger partial charge in [-0.2, -0.15) is 0 Å². The van der Waals surface area contributed by atoms with Gasteiger partial charge in [-0.25, -0.2) is 4.98 Å². The molecule has 2 heterocycles. The number of aromatic nitrogens is 1. The minimum Gasteiger partial charge on any atom is -0.494 e. The van der Waals surface area contributed by atoms with Crippen molar-refractivity contribution >= 4 is 32.6 Å². The van der Waals surface area contributed by atoms with Crippen LogP contribution in [-0.4, -0.2) is 48.6 Å². The first-order valence-corrected chi connectivity index (χ1v) is 10.6. The number of benzene rings is 2. The zero-order valence-corrected chi connectivity index (χ0v) is 17.0. The molecule has 4 rings (SSSR count). The number of anilines is 1. The van der Waals surface area contributed by atoms with Crippen LogP contribution in [0.25, 0.3) is 10.2 Å². The average molecular weight is 396 g/mol. The molecule has 1 aliphatic heterocycles. The molecule has 0 atom stereocenters. The molecule has 28 heavy (non-hydrogen) atoms. The first-order chi connectivity index (χ1) is 13.7. The summed E-state index contributed by atoms with van der Waals surface area (Å²) in [4.78, 5) is 21.6. The number of rotatable bonds is 6. The standard InChI is InChI=1S/C22H25N3O2S/c1-2-27-18-9-10-19-20(16-18)28-22(23-19)25-14-12-24(13-15-25)21(26)11-8-17-6-4-3-5-7-17/h3-7,9-10,16H,2,8,11-15H2,1H3. The van der Waals surface area contributed by atoms with Crippen molar-refractivity contribution in [3.8, 4) is 5.75 Å². The van der Waals surface area contributed by atoms with E-state index in [2.05, 4.69) is 23.1 Å². The van der Waals surface area contributed by atoms with Crippen molar-refractivity contribution in [1.29, 1.82) is 0 Å². The lowest BCUT2D eigenvalue weighted by molar-refractivity contribution is -0.131. The average Bonchev–Trinajstić information content (AvgIpc) is 3.16. The van der Waals surface area contributed by atoms with E-state index in [9.17, 15) is 4.79 Å². The van der Waals surface area contributed by atoms with Crippen LogP contribution < -0.4 is 9.64 Å². The van der Waals surface area contributed by atoms with Crippen molar-refractivity contribution in [2.75, 3.05) is 37.7 Å². The number of piperazine rings is 1. The number of amides is 1. The van der Waals surface area contributed by atoms with Crippen LogP contribution in [0.1, 0.15) is 18.9 Å². The summed E-state index contributed by atoms with van der Waals surface area (Å²) in [6.45, 7) is 5.83. The van der Waals surface area contributed by atoms with Crippen LogP contribution in [0, 0.1) is 0 Å². The Balaban J connectivity index is 1.33. The lowest BCUT2D eigenvalue weighted by Gasteiger charge is -2.34. The predicted octanol–water partition coefficient (Wildman–Crippen LogP) is 3.98. The number of thiazole rings is 1. The number of hydrogen-bond donors (Lipinski definition) is 0. The first-order valence-electron chi connectivity index (χ1n) is 9.83. The van der Waals surface area contributed by atoms with Crippen molar-refractivity contribution in [3.05, 3.63) is 54.1 Å². The second-order valence-corrected chi connectivity index (χ2v) is 7.92. The van der Waals surface area contributed by atoms with Gasteiger partial charge in [0.1, 0.15) is 5.75 Å². The molecule has 2 aromatic carbocycles. The molecule has 3 aromatic rings. The maximum atomic E-state index is 12.5. The van der Waals surface area contributed by atoms with E-state index in [0.29, 0.717) is 13.0 Å². The summed E-state index contributed by atoms with van der Waals surface area (Å²) in [6, 6.07) is 16.3. The predicted molar refractivity (Wildman–Crippen MR) is 114 cm³/mol. The minimum absolute atomic E-state index is 0.245. The molecule has 0 unspecified atom stereocenters. The molecule has 1 aromatic heterocycles. The summed E-state index contributed by atoms with van der Waals surface area (Å²) in [5.41, 5.74) is 2.22. The molecule has 6 heteroatoms. The van der Waals surface area contributed by atoms with Gasteiger partial charge in [0.15, 0.2) is 5.13 Å². The van der Waals surface area contributed by atoms with Crippen molar-refractivity contribution < 1.29 is 9.53 Å². The van der Waals surface area contributed by atoms with E-state index in [1.54, 1.807) is 11.3 Å². The lowest BCUT2D eigenvalue weighted by Crippen LogP contribution is -2.48. The van der Waals surface area contributed by atoms with Gasteiger partial charge >= 0.3 is 0 Å². The number of carbonyl (C=O) groups excluding carboxylic acids is 1. The van der Waals surface area contributed by atoms with E-state index in [1.807, 2.05) is 42.2 Å². The second kappa shape index (κ2) is 8.61. The molecule has 0 saturated carbocycles. The fourth-order valence-corrected chi connectivity index (χ4v) is 4.53. The molecule has 0 aliphatic carbocycles. The lowest BCUT2D eigenvalue weighted by atomic mass is 10.1. The second-order valence-electron chi connectivity index (χ2n) is 6.91. The molecule has 1 fully saturated rings. The van der Waals surface area contributed by atoms with Gasteiger partial charge in [0.2, 0.25) is 5.91 Å². The highest BCUT2D eigenvalue weighted by atomic mass is 32.1. The van der Waals surface area contributed by atoms with Crippen molar-refractivity contribution in [2.24, 2.45) is 0 Å². The van der Waals surface area contributed by atoms with Gasteiger partial charge in [0, 0.05) is 32.6 Å². The molecule has 1 amide bonds. The van der Waals surface area contributed by atoms with Crippen LogP contribution in [0.2, 0.25) is 0 Å². The normalized spacial score (nSPS) is 14.5. The van der Waals surface area contributed by atoms with Gasteiger partial charge in [0.25, 0.3) is 0 Å². The maximum Gasteiger partial charge on any atom is 0.223 e. The van der Waals surface area contributed by atoms with Crippen LogP contribution in [0.4, 0.5) is 5.13 Å². The third-order valence-corrected chi connectivity index (χ3v) is 6.11. The van der Waals surface area contributed by atoms with Crippen LogP contribution in [-0.2, 0) is 11.2 Å². The van der Waals surface area contributed by atoms with E-state index in [-0.39, 0.29) is 5.91 Å². The number of fused-ring (bicyclic) bond motifs is 1. The Morgan fingerprint density at radius 3 is 2.64 bits per heavy atom. The van der Waals surface area contributed by atoms with Gasteiger partial charge < -0.3 is 14.5 Å². The Morgan fingerprint density at radius 1 is 1.11 bits per heavy atom. The first kappa shape index (κ1) is 18.7. The molecular weight excluding hydrogens is 370 g/mol. The monoisotopic (exact) mass is 395 g/mol. The molecule has 0 N–H and O–H groups in total. The van der Waals surface area contributed by atoms with Crippen LogP contribution in [0.5, 0.6) is 5.75 Å². The minimum atomic E-state index is 0.245. The summed E-state index contributed by atoms with van der Waals surface area (Å²) in [7, 11) is 0. The summed E-state index contributed by atoms with van der Waals surface area (Å²) >= 11 is 1.69. The highest BCUT2D eigenvalue weighted by molar-refractivity contribution is 7.22. The van der Waals surface area contributed by atoms with Gasteiger partial charge in [-0.3, -0.25) is 4.79 Å². The molecular formula is C22H25N3O2S. The summed E-state index contributed by atoms with van der Waals surface area (Å²) in [5.74, 6) is 1.13. The van der Waals surface area contributed by atoms with E-state index in [0.717, 1.165) is 53.7 Å². The number of carbonyl (C=O) groups is 1. The summed E-state index contributed by atoms with van der Waals surface area (Å²) < 4.78 is 6.73. The maximum absolute atomic E-state index is 12.5. The zero-order valence-electron chi connectivity index (χ0n) is 16.1. The topological polar surface area (TPSA) is 45.7 Å². The summed E-state index contributed by atoms with van der Waals surface area (Å²) in [6.07, 6.45) is 1.38. The number of aryl methyl sites for hydroxylation is 1. The Bertz CT molecular complexity index is 933. The zero-order chi connectivity index (χ0) is 19.3. The molecule has 0 bridgehead atoms. The quantitative estimate of drug-likeness (QED) is 0.633. The van der Waals surface area contributed by atoms with E-state index >= 15 is 0 Å². The van der Waals surface area contributed by atoms with Gasteiger partial charge in [-0.05, 0) is 37.1 Å². The fourth-order valence-electron chi connectivity index (χ4n) is 3.49. The third-order valence-electron chi connectivity index (χ3n) is 5.03. The molecule has 1 saturated heterocycles. The van der Waals surface area contributed by atoms with Gasteiger partial charge in [-0.1, -0.05) is 41.7 Å². The van der Waals surface area contributed by atoms with E-state index in [1.165, 1.54) is 5.56 Å². The molecule has 5 nitrogen and oxygen atoms in total. The van der Waals surface area contributed by atoms with Gasteiger partial charge in [-0.15, -0.1) is 0 Å². The highest BCUT2D eigenvalue weighted by Crippen LogP contribution is 2.32. The Kier molecular flexibility index (Phi) is 5.76. The molecule has 146 valence electrons. The summed E-state index contributed by atoms with van der Waals surface area (Å²) in [5, 5.41) is 1.03. The smallest absolute Gasteiger partial charge is 0.223 e. The van der Waals surface area contributed by atoms with Crippen molar-refractivity contribution in [2.45, 2.75) is 19.8 Å². The van der Waals surface area contributed by atoms with E-state index in [4.69, 9.17) is 9.72 Å². The van der Waals surface area contributed by atoms with Crippen LogP contribution in [0.15, 0.2) is 48.5 Å². The Labute approximate surface area is 169 Å². The van der Waals surface area contributed by atoms with Crippen LogP contribution >= 0.6 is 11.3 Å². The van der Waals surface area contributed by atoms with Gasteiger partial charge in [0.05, 0.1) is 16.8 Å². The van der Waals surface area contributed by atoms with Crippen molar-refractivity contribution in [1.82, 2.24) is 9.88 Å². The highest BCUT2D eigenvalue weighted by Gasteiger charge is 2.23.